The van der Waals surface area contributed by atoms with Crippen LogP contribution < -0.4 is 11.1 Å². The van der Waals surface area contributed by atoms with E-state index in [0.29, 0.717) is 13.0 Å². The number of rotatable bonds is 1. The Morgan fingerprint density at radius 1 is 1.42 bits per heavy atom. The van der Waals surface area contributed by atoms with E-state index in [0.717, 1.165) is 13.0 Å². The Balaban J connectivity index is 2.45. The van der Waals surface area contributed by atoms with E-state index in [2.05, 4.69) is 5.32 Å². The Labute approximate surface area is 69.3 Å². The maximum Gasteiger partial charge on any atom is 0.403 e. The van der Waals surface area contributed by atoms with E-state index in [4.69, 9.17) is 5.73 Å². The largest absolute Gasteiger partial charge is 0.403 e. The molecule has 0 aromatic heterocycles. The van der Waals surface area contributed by atoms with E-state index in [9.17, 15) is 13.2 Å². The Bertz CT molecular complexity index is 140. The summed E-state index contributed by atoms with van der Waals surface area (Å²) in [7, 11) is 0. The van der Waals surface area contributed by atoms with Gasteiger partial charge in [0.2, 0.25) is 0 Å². The van der Waals surface area contributed by atoms with Crippen molar-refractivity contribution in [2.45, 2.75) is 25.1 Å². The highest BCUT2D eigenvalue weighted by atomic mass is 19.4. The summed E-state index contributed by atoms with van der Waals surface area (Å²) in [5.74, 6) is -0.446. The molecule has 0 saturated carbocycles. The smallest absolute Gasteiger partial charge is 0.320 e. The number of nitrogens with two attached hydrogens (primary N) is 1. The lowest BCUT2D eigenvalue weighted by Crippen LogP contribution is -2.49. The molecule has 2 nitrogen and oxygen atoms in total. The van der Waals surface area contributed by atoms with Crippen LogP contribution in [0.15, 0.2) is 0 Å². The number of hydrogen-bond acceptors (Lipinski definition) is 2. The quantitative estimate of drug-likeness (QED) is 0.631. The molecule has 1 aliphatic rings. The van der Waals surface area contributed by atoms with Crippen molar-refractivity contribution < 1.29 is 13.2 Å². The molecule has 72 valence electrons. The first-order valence-corrected chi connectivity index (χ1v) is 4.05. The first-order valence-electron chi connectivity index (χ1n) is 4.05. The van der Waals surface area contributed by atoms with Gasteiger partial charge in [-0.25, -0.2) is 0 Å². The van der Waals surface area contributed by atoms with E-state index in [1.165, 1.54) is 0 Å². The lowest BCUT2D eigenvalue weighted by atomic mass is 9.92. The fraction of sp³-hybridized carbons (Fsp3) is 1.00. The predicted octanol–water partition coefficient (Wildman–Crippen LogP) is 0.876. The van der Waals surface area contributed by atoms with Gasteiger partial charge in [0.1, 0.15) is 6.04 Å². The van der Waals surface area contributed by atoms with E-state index in [1.54, 1.807) is 0 Å². The summed E-state index contributed by atoms with van der Waals surface area (Å²) in [5, 5.41) is 2.91. The van der Waals surface area contributed by atoms with Crippen molar-refractivity contribution in [3.63, 3.8) is 0 Å². The summed E-state index contributed by atoms with van der Waals surface area (Å²) in [6, 6.07) is -1.66. The molecular formula is C7H13F3N2. The van der Waals surface area contributed by atoms with E-state index < -0.39 is 18.1 Å². The second-order valence-electron chi connectivity index (χ2n) is 3.17. The van der Waals surface area contributed by atoms with Gasteiger partial charge in [0.25, 0.3) is 0 Å². The highest BCUT2D eigenvalue weighted by Crippen LogP contribution is 2.27. The number of alkyl halides is 3. The Morgan fingerprint density at radius 2 is 2.08 bits per heavy atom. The standard InChI is InChI=1S/C7H13F3N2/c8-7(9,10)6(11)5-2-1-3-12-4-5/h5-6,12H,1-4,11H2/t5-,6+/m1/s1. The van der Waals surface area contributed by atoms with Crippen LogP contribution in [0.5, 0.6) is 0 Å². The summed E-state index contributed by atoms with van der Waals surface area (Å²) >= 11 is 0. The second kappa shape index (κ2) is 3.62. The fourth-order valence-electron chi connectivity index (χ4n) is 1.45. The molecule has 5 heteroatoms. The van der Waals surface area contributed by atoms with E-state index in [1.807, 2.05) is 0 Å². The summed E-state index contributed by atoms with van der Waals surface area (Å²) in [4.78, 5) is 0. The average molecular weight is 182 g/mol. The molecule has 1 aliphatic heterocycles. The van der Waals surface area contributed by atoms with Crippen molar-refractivity contribution in [1.82, 2.24) is 5.32 Å². The summed E-state index contributed by atoms with van der Waals surface area (Å²) < 4.78 is 36.2. The Hall–Kier alpha value is -0.290. The van der Waals surface area contributed by atoms with Crippen LogP contribution in [-0.2, 0) is 0 Å². The molecule has 1 saturated heterocycles. The maximum absolute atomic E-state index is 12.1. The number of piperidine rings is 1. The molecule has 3 N–H and O–H groups in total. The first kappa shape index (κ1) is 9.80. The molecular weight excluding hydrogens is 169 g/mol. The average Bonchev–Trinajstić information content (AvgIpc) is 2.03. The maximum atomic E-state index is 12.1. The fourth-order valence-corrected chi connectivity index (χ4v) is 1.45. The van der Waals surface area contributed by atoms with E-state index in [-0.39, 0.29) is 0 Å². The minimum absolute atomic E-state index is 0.390. The van der Waals surface area contributed by atoms with Crippen molar-refractivity contribution in [3.05, 3.63) is 0 Å². The van der Waals surface area contributed by atoms with Crippen molar-refractivity contribution in [1.29, 1.82) is 0 Å². The van der Waals surface area contributed by atoms with Crippen LogP contribution in [0.3, 0.4) is 0 Å². The number of hydrogen-bond donors (Lipinski definition) is 2. The van der Waals surface area contributed by atoms with Crippen LogP contribution in [0.25, 0.3) is 0 Å². The molecule has 0 radical (unpaired) electrons. The normalized spacial score (nSPS) is 28.5. The van der Waals surface area contributed by atoms with Crippen LogP contribution >= 0.6 is 0 Å². The third-order valence-corrected chi connectivity index (χ3v) is 2.22. The molecule has 0 aliphatic carbocycles. The van der Waals surface area contributed by atoms with Gasteiger partial charge in [-0.2, -0.15) is 13.2 Å². The summed E-state index contributed by atoms with van der Waals surface area (Å²) in [5.41, 5.74) is 5.06. The number of halogens is 3. The van der Waals surface area contributed by atoms with Gasteiger partial charge < -0.3 is 11.1 Å². The predicted molar refractivity (Wildman–Crippen MR) is 39.6 cm³/mol. The van der Waals surface area contributed by atoms with Gasteiger partial charge in [0.15, 0.2) is 0 Å². The minimum Gasteiger partial charge on any atom is -0.320 e. The lowest BCUT2D eigenvalue weighted by Gasteiger charge is -2.29. The molecule has 1 heterocycles. The van der Waals surface area contributed by atoms with Gasteiger partial charge in [0.05, 0.1) is 0 Å². The molecule has 0 aromatic rings. The van der Waals surface area contributed by atoms with Crippen LogP contribution in [0.1, 0.15) is 12.8 Å². The Morgan fingerprint density at radius 3 is 2.50 bits per heavy atom. The van der Waals surface area contributed by atoms with Crippen LogP contribution in [0.2, 0.25) is 0 Å². The highest BCUT2D eigenvalue weighted by Gasteiger charge is 2.41. The SMILES string of the molecule is N[C@@H]([C@@H]1CCCNC1)C(F)(F)F. The molecule has 1 rings (SSSR count). The van der Waals surface area contributed by atoms with Gasteiger partial charge in [-0.1, -0.05) is 0 Å². The van der Waals surface area contributed by atoms with Crippen LogP contribution in [0, 0.1) is 5.92 Å². The Kier molecular flexibility index (Phi) is 2.95. The van der Waals surface area contributed by atoms with Gasteiger partial charge in [-0.15, -0.1) is 0 Å². The lowest BCUT2D eigenvalue weighted by molar-refractivity contribution is -0.160. The van der Waals surface area contributed by atoms with Gasteiger partial charge in [0, 0.05) is 0 Å². The van der Waals surface area contributed by atoms with Gasteiger partial charge >= 0.3 is 6.18 Å². The third kappa shape index (κ3) is 2.35. The zero-order valence-electron chi connectivity index (χ0n) is 6.69. The molecule has 0 amide bonds. The molecule has 1 fully saturated rings. The van der Waals surface area contributed by atoms with E-state index >= 15 is 0 Å². The minimum atomic E-state index is -4.25. The zero-order valence-corrected chi connectivity index (χ0v) is 6.69. The van der Waals surface area contributed by atoms with Crippen molar-refractivity contribution in [2.24, 2.45) is 11.7 Å². The molecule has 0 unspecified atom stereocenters. The zero-order chi connectivity index (χ0) is 9.19. The highest BCUT2D eigenvalue weighted by molar-refractivity contribution is 4.83. The second-order valence-corrected chi connectivity index (χ2v) is 3.17. The summed E-state index contributed by atoms with van der Waals surface area (Å²) in [6.45, 7) is 1.20. The summed E-state index contributed by atoms with van der Waals surface area (Å²) in [6.07, 6.45) is -2.88. The number of nitrogens with one attached hydrogen (secondary N) is 1. The van der Waals surface area contributed by atoms with Crippen LogP contribution in [-0.4, -0.2) is 25.3 Å². The topological polar surface area (TPSA) is 38.0 Å². The van der Waals surface area contributed by atoms with Crippen molar-refractivity contribution in [2.75, 3.05) is 13.1 Å². The van der Waals surface area contributed by atoms with Crippen molar-refractivity contribution >= 4 is 0 Å². The molecule has 2 atom stereocenters. The van der Waals surface area contributed by atoms with Gasteiger partial charge in [-0.3, -0.25) is 0 Å². The first-order chi connectivity index (χ1) is 5.52. The molecule has 0 aromatic carbocycles. The van der Waals surface area contributed by atoms with Crippen LogP contribution in [0.4, 0.5) is 13.2 Å². The molecule has 12 heavy (non-hydrogen) atoms. The molecule has 0 spiro atoms. The van der Waals surface area contributed by atoms with Gasteiger partial charge in [-0.05, 0) is 31.8 Å². The monoisotopic (exact) mass is 182 g/mol. The van der Waals surface area contributed by atoms with Crippen molar-refractivity contribution in [3.8, 4) is 0 Å². The molecule has 0 bridgehead atoms. The third-order valence-electron chi connectivity index (χ3n) is 2.22.